The summed E-state index contributed by atoms with van der Waals surface area (Å²) in [6.45, 7) is 6.14. The quantitative estimate of drug-likeness (QED) is 0.371. The number of carbonyl (C=O) groups excluding carboxylic acids is 1. The number of amides is 1. The molecule has 10 heteroatoms. The standard InChI is InChI=1S/C17H21F3N6O/c1-16(2,3)9-22-15(23-13-8-12(25-26-13)17(18,19)20)24-14(27)10-4-6-11(21)7-5-10/h4-8H,9,21H2,1-3H3,(H3,22,23,24,25,26,27). The Morgan fingerprint density at radius 3 is 2.37 bits per heavy atom. The highest BCUT2D eigenvalue weighted by molar-refractivity contribution is 6.09. The number of benzene rings is 1. The van der Waals surface area contributed by atoms with Gasteiger partial charge in [0.05, 0.1) is 0 Å². The van der Waals surface area contributed by atoms with Crippen molar-refractivity contribution in [3.8, 4) is 0 Å². The Bertz CT molecular complexity index is 818. The predicted octanol–water partition coefficient (Wildman–Crippen LogP) is 3.25. The van der Waals surface area contributed by atoms with Crippen LogP contribution in [0.2, 0.25) is 0 Å². The number of hydrogen-bond acceptors (Lipinski definition) is 4. The van der Waals surface area contributed by atoms with E-state index in [2.05, 4.69) is 20.7 Å². The van der Waals surface area contributed by atoms with E-state index < -0.39 is 17.8 Å². The molecule has 0 aliphatic rings. The summed E-state index contributed by atoms with van der Waals surface area (Å²) < 4.78 is 38.1. The van der Waals surface area contributed by atoms with Crippen molar-refractivity contribution in [3.05, 3.63) is 41.6 Å². The summed E-state index contributed by atoms with van der Waals surface area (Å²) in [4.78, 5) is 16.6. The number of nitrogens with zero attached hydrogens (tertiary/aromatic N) is 2. The summed E-state index contributed by atoms with van der Waals surface area (Å²) >= 11 is 0. The molecule has 0 saturated carbocycles. The smallest absolute Gasteiger partial charge is 0.399 e. The van der Waals surface area contributed by atoms with Gasteiger partial charge < -0.3 is 11.1 Å². The normalized spacial score (nSPS) is 12.7. The van der Waals surface area contributed by atoms with Crippen LogP contribution in [0.25, 0.3) is 0 Å². The number of rotatable bonds is 3. The molecule has 1 aromatic heterocycles. The van der Waals surface area contributed by atoms with Crippen molar-refractivity contribution in [2.75, 3.05) is 17.6 Å². The van der Waals surface area contributed by atoms with E-state index in [-0.39, 0.29) is 17.2 Å². The number of halogens is 3. The van der Waals surface area contributed by atoms with Gasteiger partial charge in [0.1, 0.15) is 5.69 Å². The lowest BCUT2D eigenvalue weighted by atomic mass is 9.97. The van der Waals surface area contributed by atoms with Gasteiger partial charge in [-0.3, -0.25) is 20.2 Å². The second kappa shape index (κ2) is 7.68. The van der Waals surface area contributed by atoms with Gasteiger partial charge in [0, 0.05) is 23.9 Å². The van der Waals surface area contributed by atoms with Crippen molar-refractivity contribution in [2.45, 2.75) is 26.9 Å². The van der Waals surface area contributed by atoms with Gasteiger partial charge in [-0.05, 0) is 29.7 Å². The molecule has 146 valence electrons. The van der Waals surface area contributed by atoms with Crippen LogP contribution in [-0.4, -0.2) is 28.6 Å². The maximum absolute atomic E-state index is 12.7. The first-order valence-corrected chi connectivity index (χ1v) is 8.05. The minimum atomic E-state index is -4.55. The van der Waals surface area contributed by atoms with Crippen LogP contribution >= 0.6 is 0 Å². The second-order valence-electron chi connectivity index (χ2n) is 7.09. The molecule has 1 aromatic carbocycles. The van der Waals surface area contributed by atoms with Crippen LogP contribution in [0.5, 0.6) is 0 Å². The third-order valence-electron chi connectivity index (χ3n) is 3.25. The lowest BCUT2D eigenvalue weighted by Gasteiger charge is -2.16. The highest BCUT2D eigenvalue weighted by Crippen LogP contribution is 2.28. The number of alkyl halides is 3. The fourth-order valence-electron chi connectivity index (χ4n) is 1.89. The largest absolute Gasteiger partial charge is 0.432 e. The second-order valence-corrected chi connectivity index (χ2v) is 7.09. The van der Waals surface area contributed by atoms with Gasteiger partial charge in [-0.15, -0.1) is 0 Å². The summed E-state index contributed by atoms with van der Waals surface area (Å²) in [6.07, 6.45) is -4.55. The average molecular weight is 382 g/mol. The first-order chi connectivity index (χ1) is 12.4. The summed E-state index contributed by atoms with van der Waals surface area (Å²) in [5, 5.41) is 10.6. The Labute approximate surface area is 154 Å². The molecule has 0 saturated heterocycles. The Hall–Kier alpha value is -3.04. The van der Waals surface area contributed by atoms with Gasteiger partial charge >= 0.3 is 6.18 Å². The molecule has 27 heavy (non-hydrogen) atoms. The van der Waals surface area contributed by atoms with Crippen molar-refractivity contribution in [1.29, 1.82) is 0 Å². The summed E-state index contributed by atoms with van der Waals surface area (Å²) in [5.74, 6) is -0.610. The minimum Gasteiger partial charge on any atom is -0.399 e. The molecule has 0 aliphatic heterocycles. The predicted molar refractivity (Wildman–Crippen MR) is 97.3 cm³/mol. The number of aliphatic imine (C=N–C) groups is 1. The first-order valence-electron chi connectivity index (χ1n) is 8.05. The van der Waals surface area contributed by atoms with Crippen molar-refractivity contribution in [2.24, 2.45) is 10.4 Å². The summed E-state index contributed by atoms with van der Waals surface area (Å²) in [6, 6.07) is 6.99. The molecule has 5 N–H and O–H groups in total. The summed E-state index contributed by atoms with van der Waals surface area (Å²) in [5.41, 5.74) is 5.22. The van der Waals surface area contributed by atoms with Gasteiger partial charge in [0.25, 0.3) is 5.91 Å². The van der Waals surface area contributed by atoms with Crippen LogP contribution in [0, 0.1) is 5.41 Å². The van der Waals surface area contributed by atoms with Crippen molar-refractivity contribution < 1.29 is 18.0 Å². The van der Waals surface area contributed by atoms with Crippen LogP contribution < -0.4 is 16.4 Å². The first kappa shape index (κ1) is 20.3. The Kier molecular flexibility index (Phi) is 5.77. The molecule has 0 aliphatic carbocycles. The number of hydrogen-bond donors (Lipinski definition) is 4. The van der Waals surface area contributed by atoms with Crippen LogP contribution in [0.15, 0.2) is 35.3 Å². The molecule has 0 spiro atoms. The highest BCUT2D eigenvalue weighted by atomic mass is 19.4. The number of aromatic nitrogens is 2. The molecule has 1 amide bonds. The number of nitrogen functional groups attached to an aromatic ring is 1. The van der Waals surface area contributed by atoms with Crippen molar-refractivity contribution in [1.82, 2.24) is 15.5 Å². The zero-order chi connectivity index (χ0) is 20.2. The van der Waals surface area contributed by atoms with E-state index in [1.165, 1.54) is 12.1 Å². The number of nitrogens with two attached hydrogens (primary N) is 1. The number of nitrogens with one attached hydrogen (secondary N) is 3. The third kappa shape index (κ3) is 6.32. The number of aromatic amines is 1. The molecular formula is C17H21F3N6O. The number of guanidine groups is 1. The van der Waals surface area contributed by atoms with E-state index in [4.69, 9.17) is 5.73 Å². The van der Waals surface area contributed by atoms with Gasteiger partial charge in [0.2, 0.25) is 5.96 Å². The number of anilines is 2. The van der Waals surface area contributed by atoms with Crippen LogP contribution in [0.3, 0.4) is 0 Å². The molecule has 7 nitrogen and oxygen atoms in total. The topological polar surface area (TPSA) is 108 Å². The monoisotopic (exact) mass is 382 g/mol. The lowest BCUT2D eigenvalue weighted by molar-refractivity contribution is -0.141. The maximum Gasteiger partial charge on any atom is 0.432 e. The average Bonchev–Trinajstić information content (AvgIpc) is 3.01. The molecule has 0 radical (unpaired) electrons. The molecule has 2 rings (SSSR count). The molecule has 0 unspecified atom stereocenters. The Morgan fingerprint density at radius 2 is 1.85 bits per heavy atom. The van der Waals surface area contributed by atoms with E-state index in [0.29, 0.717) is 17.8 Å². The SMILES string of the molecule is CC(C)(C)CN=C(NC(=O)c1ccc(N)cc1)Nc1cc(C(F)(F)F)[nH]n1. The molecule has 0 atom stereocenters. The van der Waals surface area contributed by atoms with E-state index >= 15 is 0 Å². The lowest BCUT2D eigenvalue weighted by Crippen LogP contribution is -2.37. The number of H-pyrrole nitrogens is 1. The van der Waals surface area contributed by atoms with Gasteiger partial charge in [-0.2, -0.15) is 18.3 Å². The van der Waals surface area contributed by atoms with Gasteiger partial charge in [-0.1, -0.05) is 20.8 Å². The van der Waals surface area contributed by atoms with Crippen molar-refractivity contribution in [3.63, 3.8) is 0 Å². The van der Waals surface area contributed by atoms with Crippen LogP contribution in [0.1, 0.15) is 36.8 Å². The van der Waals surface area contributed by atoms with Crippen molar-refractivity contribution >= 4 is 23.4 Å². The van der Waals surface area contributed by atoms with Gasteiger partial charge in [0.15, 0.2) is 5.82 Å². The fraction of sp³-hybridized carbons (Fsp3) is 0.353. The zero-order valence-electron chi connectivity index (χ0n) is 15.1. The minimum absolute atomic E-state index is 0.00743. The Morgan fingerprint density at radius 1 is 1.22 bits per heavy atom. The fourth-order valence-corrected chi connectivity index (χ4v) is 1.89. The number of carbonyl (C=O) groups is 1. The summed E-state index contributed by atoms with van der Waals surface area (Å²) in [7, 11) is 0. The molecule has 2 aromatic rings. The Balaban J connectivity index is 2.19. The van der Waals surface area contributed by atoms with E-state index in [9.17, 15) is 18.0 Å². The molecule has 0 fully saturated rings. The van der Waals surface area contributed by atoms with E-state index in [1.807, 2.05) is 25.9 Å². The third-order valence-corrected chi connectivity index (χ3v) is 3.25. The highest BCUT2D eigenvalue weighted by Gasteiger charge is 2.33. The van der Waals surface area contributed by atoms with Gasteiger partial charge in [-0.25, -0.2) is 0 Å². The zero-order valence-corrected chi connectivity index (χ0v) is 15.1. The van der Waals surface area contributed by atoms with Crippen LogP contribution in [0.4, 0.5) is 24.7 Å². The molecule has 0 bridgehead atoms. The van der Waals surface area contributed by atoms with E-state index in [1.54, 1.807) is 12.1 Å². The molecule has 1 heterocycles. The van der Waals surface area contributed by atoms with Crippen LogP contribution in [-0.2, 0) is 6.18 Å². The van der Waals surface area contributed by atoms with E-state index in [0.717, 1.165) is 6.07 Å². The molecular weight excluding hydrogens is 361 g/mol. The maximum atomic E-state index is 12.7.